The smallest absolute Gasteiger partial charge is 0.358 e. The van der Waals surface area contributed by atoms with Crippen molar-refractivity contribution in [1.82, 2.24) is 25.6 Å². The number of rotatable bonds is 4. The van der Waals surface area contributed by atoms with Gasteiger partial charge in [-0.2, -0.15) is 10.4 Å². The first-order chi connectivity index (χ1) is 9.49. The van der Waals surface area contributed by atoms with Crippen molar-refractivity contribution in [1.29, 1.82) is 5.26 Å². The second kappa shape index (κ2) is 6.34. The third kappa shape index (κ3) is 3.43. The van der Waals surface area contributed by atoms with Crippen molar-refractivity contribution < 1.29 is 14.9 Å². The van der Waals surface area contributed by atoms with Crippen LogP contribution in [0.2, 0.25) is 0 Å². The third-order valence-electron chi connectivity index (χ3n) is 1.62. The van der Waals surface area contributed by atoms with Crippen molar-refractivity contribution in [2.75, 3.05) is 0 Å². The summed E-state index contributed by atoms with van der Waals surface area (Å²) in [7, 11) is 0. The van der Waals surface area contributed by atoms with E-state index < -0.39 is 15.8 Å². The van der Waals surface area contributed by atoms with Crippen LogP contribution in [0.4, 0.5) is 11.8 Å². The molecule has 0 amide bonds. The van der Waals surface area contributed by atoms with E-state index in [1.165, 1.54) is 6.92 Å². The minimum Gasteiger partial charge on any atom is -0.358 e. The van der Waals surface area contributed by atoms with E-state index in [1.54, 1.807) is 6.07 Å². The summed E-state index contributed by atoms with van der Waals surface area (Å²) < 4.78 is 0. The molecule has 0 aliphatic heterocycles. The molecule has 0 unspecified atom stereocenters. The summed E-state index contributed by atoms with van der Waals surface area (Å²) in [5.41, 5.74) is 2.70. The minimum atomic E-state index is -0.953. The summed E-state index contributed by atoms with van der Waals surface area (Å²) >= 11 is 0. The van der Waals surface area contributed by atoms with Gasteiger partial charge in [0.05, 0.1) is 11.2 Å². The van der Waals surface area contributed by atoms with Crippen molar-refractivity contribution in [3.8, 4) is 17.6 Å². The van der Waals surface area contributed by atoms with E-state index in [2.05, 4.69) is 30.8 Å². The number of H-pyrrole nitrogens is 3. The van der Waals surface area contributed by atoms with Crippen LogP contribution in [0.15, 0.2) is 0 Å². The molecule has 0 saturated heterocycles. The highest BCUT2D eigenvalue weighted by molar-refractivity contribution is 5.56. The fourth-order valence-electron chi connectivity index (χ4n) is 1.03. The molecule has 0 aliphatic carbocycles. The van der Waals surface area contributed by atoms with E-state index in [-0.39, 0.29) is 17.5 Å². The Bertz CT molecular complexity index is 653. The number of nitrogens with one attached hydrogen (secondary N) is 3. The molecule has 14 heteroatoms. The third-order valence-corrected chi connectivity index (χ3v) is 1.62. The van der Waals surface area contributed by atoms with E-state index in [1.807, 2.05) is 5.21 Å². The van der Waals surface area contributed by atoms with Crippen molar-refractivity contribution >= 4 is 11.8 Å². The number of nitriles is 1. The molecule has 0 aliphatic rings. The van der Waals surface area contributed by atoms with Gasteiger partial charge in [-0.25, -0.2) is 15.2 Å². The van der Waals surface area contributed by atoms with Gasteiger partial charge < -0.3 is 15.1 Å². The van der Waals surface area contributed by atoms with Crippen LogP contribution < -0.4 is 4.98 Å². The van der Waals surface area contributed by atoms with E-state index in [0.717, 1.165) is 0 Å². The number of nitro groups is 2. The highest BCUT2D eigenvalue weighted by Gasteiger charge is 2.24. The Morgan fingerprint density at radius 1 is 1.35 bits per heavy atom. The van der Waals surface area contributed by atoms with Gasteiger partial charge in [0, 0.05) is 6.92 Å². The number of nitrogens with zero attached hydrogens (tertiary/aromatic N) is 7. The number of aromatic nitrogens is 6. The Morgan fingerprint density at radius 2 is 2.00 bits per heavy atom. The topological polar surface area (TPSA) is 209 Å². The molecule has 0 bridgehead atoms. The van der Waals surface area contributed by atoms with E-state index in [9.17, 15) is 20.2 Å². The molecule has 104 valence electrons. The largest absolute Gasteiger partial charge is 0.421 e. The molecule has 0 aromatic carbocycles. The summed E-state index contributed by atoms with van der Waals surface area (Å²) in [5.74, 6) is -0.922. The first-order valence-corrected chi connectivity index (χ1v) is 4.69. The summed E-state index contributed by atoms with van der Waals surface area (Å²) in [6, 6.07) is 1.75. The van der Waals surface area contributed by atoms with Crippen LogP contribution in [0.5, 0.6) is 0 Å². The summed E-state index contributed by atoms with van der Waals surface area (Å²) in [5, 5.41) is 41.5. The van der Waals surface area contributed by atoms with E-state index in [0.29, 0.717) is 0 Å². The Labute approximate surface area is 109 Å². The lowest BCUT2D eigenvalue weighted by Crippen LogP contribution is -2.06. The first kappa shape index (κ1) is 14.4. The Hall–Kier alpha value is -3.63. The van der Waals surface area contributed by atoms with Gasteiger partial charge in [0.25, 0.3) is 5.95 Å². The molecule has 2 aromatic rings. The average Bonchev–Trinajstić information content (AvgIpc) is 2.96. The Kier molecular flexibility index (Phi) is 4.58. The molecular formula is C6H6N10O4. The zero-order valence-electron chi connectivity index (χ0n) is 9.76. The van der Waals surface area contributed by atoms with Crippen LogP contribution in [-0.4, -0.2) is 35.6 Å². The lowest BCUT2D eigenvalue weighted by atomic mass is 10.4. The van der Waals surface area contributed by atoms with Crippen LogP contribution in [0.25, 0.3) is 16.9 Å². The lowest BCUT2D eigenvalue weighted by molar-refractivity contribution is -0.441. The van der Waals surface area contributed by atoms with E-state index in [4.69, 9.17) is 5.26 Å². The predicted molar refractivity (Wildman–Crippen MR) is 58.5 cm³/mol. The monoisotopic (exact) mass is 282 g/mol. The minimum absolute atomic E-state index is 0.0916. The van der Waals surface area contributed by atoms with Gasteiger partial charge in [0.15, 0.2) is 10.9 Å². The fraction of sp³-hybridized carbons (Fsp3) is 0.167. The maximum atomic E-state index is 10.5. The molecule has 0 fully saturated rings. The normalized spacial score (nSPS) is 9.00. The number of hydrogen-bond acceptors (Lipinski definition) is 8. The van der Waals surface area contributed by atoms with Crippen LogP contribution in [0, 0.1) is 31.6 Å². The van der Waals surface area contributed by atoms with Crippen molar-refractivity contribution in [2.24, 2.45) is 0 Å². The van der Waals surface area contributed by atoms with Crippen molar-refractivity contribution in [3.05, 3.63) is 25.7 Å². The van der Waals surface area contributed by atoms with Crippen LogP contribution in [0.1, 0.15) is 6.92 Å². The molecule has 2 heterocycles. The average molecular weight is 282 g/mol. The van der Waals surface area contributed by atoms with Gasteiger partial charge in [-0.05, 0) is 4.92 Å². The number of aromatic amines is 3. The molecule has 3 N–H and O–H groups in total. The molecule has 2 aromatic heterocycles. The number of hydrogen-bond donors (Lipinski definition) is 2. The molecule has 0 radical (unpaired) electrons. The second-order valence-corrected chi connectivity index (χ2v) is 2.86. The molecule has 0 saturated carbocycles. The van der Waals surface area contributed by atoms with Crippen LogP contribution >= 0.6 is 0 Å². The molecule has 20 heavy (non-hydrogen) atoms. The van der Waals surface area contributed by atoms with Gasteiger partial charge in [-0.15, -0.1) is 10.3 Å². The molecular weight excluding hydrogens is 276 g/mol. The fourth-order valence-corrected chi connectivity index (χ4v) is 1.03. The second-order valence-electron chi connectivity index (χ2n) is 2.86. The van der Waals surface area contributed by atoms with Gasteiger partial charge in [0.1, 0.15) is 5.43 Å². The van der Waals surface area contributed by atoms with E-state index >= 15 is 0 Å². The standard InChI is InChI=1S/C4H2N9O4.C2H3N/c14-12(15)3-1(6-11-8-3)2-5-4(9-7-2)10-13(16)17;1-2-3/h(H2-,5,6,7,8,9,10,11);1H3/q-1;/p+1. The van der Waals surface area contributed by atoms with Crippen LogP contribution in [-0.2, 0) is 0 Å². The quantitative estimate of drug-likeness (QED) is 0.557. The summed E-state index contributed by atoms with van der Waals surface area (Å²) in [4.78, 5) is 22.2. The maximum Gasteiger partial charge on any atom is 0.421 e. The highest BCUT2D eigenvalue weighted by Crippen LogP contribution is 2.20. The van der Waals surface area contributed by atoms with Crippen LogP contribution in [0.3, 0.4) is 0 Å². The first-order valence-electron chi connectivity index (χ1n) is 4.69. The zero-order chi connectivity index (χ0) is 15.1. The van der Waals surface area contributed by atoms with Crippen molar-refractivity contribution in [3.63, 3.8) is 0 Å². The zero-order valence-corrected chi connectivity index (χ0v) is 9.76. The summed E-state index contributed by atoms with van der Waals surface area (Å²) in [6.45, 7) is 1.43. The molecule has 0 spiro atoms. The summed E-state index contributed by atoms with van der Waals surface area (Å²) in [6.07, 6.45) is 0. The predicted octanol–water partition coefficient (Wildman–Crippen LogP) is -0.356. The maximum absolute atomic E-state index is 10.5. The molecule has 0 atom stereocenters. The van der Waals surface area contributed by atoms with Gasteiger partial charge in [0.2, 0.25) is 5.69 Å². The Morgan fingerprint density at radius 3 is 2.55 bits per heavy atom. The highest BCUT2D eigenvalue weighted by atomic mass is 16.7. The Balaban J connectivity index is 0.000000612. The SMILES string of the molecule is CC#N.O=[N+]([O-])[N-]c1[nH]nc(-c2n[nH]nc2[N+](=O)[O-])[nH+]1. The van der Waals surface area contributed by atoms with Crippen molar-refractivity contribution in [2.45, 2.75) is 6.92 Å². The molecule has 2 rings (SSSR count). The van der Waals surface area contributed by atoms with Gasteiger partial charge in [-0.1, -0.05) is 0 Å². The van der Waals surface area contributed by atoms with Gasteiger partial charge in [-0.3, -0.25) is 0 Å². The van der Waals surface area contributed by atoms with Gasteiger partial charge >= 0.3 is 5.82 Å². The molecule has 14 nitrogen and oxygen atoms in total. The lowest BCUT2D eigenvalue weighted by Gasteiger charge is -1.88.